The lowest BCUT2D eigenvalue weighted by Crippen LogP contribution is -2.51. The maximum Gasteiger partial charge on any atom is 0.202 e. The highest BCUT2D eigenvalue weighted by Gasteiger charge is 2.50. The fourth-order valence-electron chi connectivity index (χ4n) is 3.14. The third-order valence-corrected chi connectivity index (χ3v) is 4.53. The first-order valence-corrected chi connectivity index (χ1v) is 6.58. The Labute approximate surface area is 112 Å². The molecule has 0 radical (unpaired) electrons. The van der Waals surface area contributed by atoms with Crippen LogP contribution in [0.15, 0.2) is 12.3 Å². The van der Waals surface area contributed by atoms with Crippen molar-refractivity contribution in [3.63, 3.8) is 0 Å². The monoisotopic (exact) mass is 260 g/mol. The Morgan fingerprint density at radius 1 is 1.47 bits per heavy atom. The first-order chi connectivity index (χ1) is 8.96. The third-order valence-electron chi connectivity index (χ3n) is 4.53. The van der Waals surface area contributed by atoms with E-state index in [-0.39, 0.29) is 17.6 Å². The van der Waals surface area contributed by atoms with Crippen molar-refractivity contribution >= 4 is 17.1 Å². The molecule has 102 valence electrons. The van der Waals surface area contributed by atoms with E-state index in [4.69, 9.17) is 10.5 Å². The standard InChI is InChI=1S/C14H20N4O/c1-8-5-6-16-12-11(8)17-13(15)18(12)9-7-10(19-4)14(9,2)3/h5-6,9-10H,7H2,1-4H3,(H2,15,17). The molecule has 5 heteroatoms. The molecule has 5 nitrogen and oxygen atoms in total. The molecule has 0 bridgehead atoms. The smallest absolute Gasteiger partial charge is 0.202 e. The Kier molecular flexibility index (Phi) is 2.57. The number of nitrogens with two attached hydrogens (primary N) is 1. The Morgan fingerprint density at radius 3 is 2.84 bits per heavy atom. The Balaban J connectivity index is 2.12. The van der Waals surface area contributed by atoms with E-state index in [1.54, 1.807) is 7.11 Å². The summed E-state index contributed by atoms with van der Waals surface area (Å²) in [4.78, 5) is 8.93. The average molecular weight is 260 g/mol. The summed E-state index contributed by atoms with van der Waals surface area (Å²) in [7, 11) is 1.76. The van der Waals surface area contributed by atoms with Gasteiger partial charge in [0.2, 0.25) is 5.95 Å². The van der Waals surface area contributed by atoms with E-state index in [0.29, 0.717) is 5.95 Å². The van der Waals surface area contributed by atoms with Gasteiger partial charge in [0.05, 0.1) is 6.10 Å². The summed E-state index contributed by atoms with van der Waals surface area (Å²) in [5, 5.41) is 0. The number of imidazole rings is 1. The van der Waals surface area contributed by atoms with E-state index in [9.17, 15) is 0 Å². The summed E-state index contributed by atoms with van der Waals surface area (Å²) < 4.78 is 7.58. The van der Waals surface area contributed by atoms with Crippen LogP contribution in [0, 0.1) is 12.3 Å². The second-order valence-corrected chi connectivity index (χ2v) is 5.94. The van der Waals surface area contributed by atoms with Gasteiger partial charge < -0.3 is 10.5 Å². The number of methoxy groups -OCH3 is 1. The zero-order chi connectivity index (χ0) is 13.8. The number of fused-ring (bicyclic) bond motifs is 1. The Bertz CT molecular complexity index is 632. The summed E-state index contributed by atoms with van der Waals surface area (Å²) in [6, 6.07) is 2.25. The molecule has 1 aliphatic rings. The highest BCUT2D eigenvalue weighted by atomic mass is 16.5. The molecule has 1 saturated carbocycles. The van der Waals surface area contributed by atoms with E-state index >= 15 is 0 Å². The molecule has 2 aromatic heterocycles. The topological polar surface area (TPSA) is 66.0 Å². The van der Waals surface area contributed by atoms with Gasteiger partial charge >= 0.3 is 0 Å². The SMILES string of the molecule is COC1CC(n2c(N)nc3c(C)ccnc32)C1(C)C. The largest absolute Gasteiger partial charge is 0.381 e. The highest BCUT2D eigenvalue weighted by Crippen LogP contribution is 2.52. The molecule has 2 atom stereocenters. The predicted molar refractivity (Wildman–Crippen MR) is 74.9 cm³/mol. The normalized spacial score (nSPS) is 25.5. The van der Waals surface area contributed by atoms with Crippen molar-refractivity contribution in [1.29, 1.82) is 0 Å². The van der Waals surface area contributed by atoms with Gasteiger partial charge in [0.15, 0.2) is 5.65 Å². The predicted octanol–water partition coefficient (Wildman–Crippen LogP) is 2.31. The molecule has 19 heavy (non-hydrogen) atoms. The van der Waals surface area contributed by atoms with Gasteiger partial charge in [-0.25, -0.2) is 9.97 Å². The maximum absolute atomic E-state index is 6.11. The van der Waals surface area contributed by atoms with Gasteiger partial charge in [0.25, 0.3) is 0 Å². The molecule has 1 aliphatic carbocycles. The van der Waals surface area contributed by atoms with E-state index in [0.717, 1.165) is 23.1 Å². The second-order valence-electron chi connectivity index (χ2n) is 5.94. The Morgan fingerprint density at radius 2 is 2.21 bits per heavy atom. The van der Waals surface area contributed by atoms with Crippen LogP contribution in [0.1, 0.15) is 31.9 Å². The molecule has 0 aromatic carbocycles. The third kappa shape index (κ3) is 1.57. The van der Waals surface area contributed by atoms with Crippen molar-refractivity contribution in [2.75, 3.05) is 12.8 Å². The molecular formula is C14H20N4O. The first kappa shape index (κ1) is 12.4. The van der Waals surface area contributed by atoms with Gasteiger partial charge in [-0.15, -0.1) is 0 Å². The number of aryl methyl sites for hydroxylation is 1. The molecule has 2 N–H and O–H groups in total. The number of ether oxygens (including phenoxy) is 1. The van der Waals surface area contributed by atoms with Crippen molar-refractivity contribution in [3.8, 4) is 0 Å². The Hall–Kier alpha value is -1.62. The summed E-state index contributed by atoms with van der Waals surface area (Å²) >= 11 is 0. The quantitative estimate of drug-likeness (QED) is 0.899. The molecule has 1 fully saturated rings. The minimum Gasteiger partial charge on any atom is -0.381 e. The summed E-state index contributed by atoms with van der Waals surface area (Å²) in [5.41, 5.74) is 9.04. The maximum atomic E-state index is 6.11. The van der Waals surface area contributed by atoms with Gasteiger partial charge in [-0.2, -0.15) is 0 Å². The molecule has 2 aromatic rings. The molecule has 2 unspecified atom stereocenters. The number of aromatic nitrogens is 3. The molecule has 2 heterocycles. The van der Waals surface area contributed by atoms with Crippen LogP contribution in [0.3, 0.4) is 0 Å². The minimum atomic E-state index is 0.0436. The summed E-state index contributed by atoms with van der Waals surface area (Å²) in [5.74, 6) is 0.546. The van der Waals surface area contributed by atoms with E-state index in [2.05, 4.69) is 28.4 Å². The number of nitrogens with zero attached hydrogens (tertiary/aromatic N) is 3. The van der Waals surface area contributed by atoms with Crippen molar-refractivity contribution in [3.05, 3.63) is 17.8 Å². The molecule has 0 aliphatic heterocycles. The van der Waals surface area contributed by atoms with Crippen molar-refractivity contribution in [2.45, 2.75) is 39.3 Å². The van der Waals surface area contributed by atoms with Crippen LogP contribution in [0.5, 0.6) is 0 Å². The van der Waals surface area contributed by atoms with Crippen molar-refractivity contribution < 1.29 is 4.74 Å². The molecule has 0 spiro atoms. The number of hydrogen-bond donors (Lipinski definition) is 1. The summed E-state index contributed by atoms with van der Waals surface area (Å²) in [6.45, 7) is 6.44. The number of anilines is 1. The second kappa shape index (κ2) is 3.93. The number of rotatable bonds is 2. The average Bonchev–Trinajstić information content (AvgIpc) is 2.68. The lowest BCUT2D eigenvalue weighted by Gasteiger charge is -2.51. The van der Waals surface area contributed by atoms with Gasteiger partial charge in [0, 0.05) is 24.8 Å². The van der Waals surface area contributed by atoms with Crippen LogP contribution < -0.4 is 5.73 Å². The molecule has 0 saturated heterocycles. The fraction of sp³-hybridized carbons (Fsp3) is 0.571. The van der Waals surface area contributed by atoms with Gasteiger partial charge in [0.1, 0.15) is 5.52 Å². The zero-order valence-electron chi connectivity index (χ0n) is 11.8. The lowest BCUT2D eigenvalue weighted by molar-refractivity contribution is -0.111. The van der Waals surface area contributed by atoms with Crippen LogP contribution in [-0.2, 0) is 4.74 Å². The van der Waals surface area contributed by atoms with Crippen LogP contribution in [0.2, 0.25) is 0 Å². The zero-order valence-corrected chi connectivity index (χ0v) is 11.8. The highest BCUT2D eigenvalue weighted by molar-refractivity contribution is 5.77. The number of hydrogen-bond acceptors (Lipinski definition) is 4. The molecular weight excluding hydrogens is 240 g/mol. The molecule has 0 amide bonds. The summed E-state index contributed by atoms with van der Waals surface area (Å²) in [6.07, 6.45) is 3.03. The van der Waals surface area contributed by atoms with E-state index in [1.165, 1.54) is 0 Å². The number of pyridine rings is 1. The van der Waals surface area contributed by atoms with Crippen LogP contribution >= 0.6 is 0 Å². The fourth-order valence-corrected chi connectivity index (χ4v) is 3.14. The van der Waals surface area contributed by atoms with Crippen LogP contribution in [-0.4, -0.2) is 27.7 Å². The van der Waals surface area contributed by atoms with E-state index in [1.807, 2.05) is 19.2 Å². The first-order valence-electron chi connectivity index (χ1n) is 6.58. The molecule has 3 rings (SSSR count). The minimum absolute atomic E-state index is 0.0436. The van der Waals surface area contributed by atoms with Crippen molar-refractivity contribution in [2.24, 2.45) is 5.41 Å². The van der Waals surface area contributed by atoms with Gasteiger partial charge in [-0.05, 0) is 25.0 Å². The van der Waals surface area contributed by atoms with Gasteiger partial charge in [-0.3, -0.25) is 4.57 Å². The van der Waals surface area contributed by atoms with Crippen LogP contribution in [0.25, 0.3) is 11.2 Å². The van der Waals surface area contributed by atoms with E-state index < -0.39 is 0 Å². The van der Waals surface area contributed by atoms with Crippen molar-refractivity contribution in [1.82, 2.24) is 14.5 Å². The lowest BCUT2D eigenvalue weighted by atomic mass is 9.64. The number of nitrogen functional groups attached to an aromatic ring is 1. The van der Waals surface area contributed by atoms with Crippen LogP contribution in [0.4, 0.5) is 5.95 Å². The van der Waals surface area contributed by atoms with Gasteiger partial charge in [-0.1, -0.05) is 13.8 Å².